The average molecular weight is 490 g/mol. The molecule has 0 fully saturated rings. The Hall–Kier alpha value is -3.95. The Bertz CT molecular complexity index is 1520. The molecule has 0 aliphatic carbocycles. The molecule has 1 unspecified atom stereocenters. The van der Waals surface area contributed by atoms with Crippen molar-refractivity contribution in [1.82, 2.24) is 10.5 Å². The molecule has 2 N–H and O–H groups in total. The molecule has 1 aliphatic heterocycles. The second-order valence-corrected chi connectivity index (χ2v) is 10.1. The van der Waals surface area contributed by atoms with Gasteiger partial charge in [0.25, 0.3) is 10.0 Å². The molecular weight excluding hydrogens is 466 g/mol. The lowest BCUT2D eigenvalue weighted by Crippen LogP contribution is -2.32. The third-order valence-corrected chi connectivity index (χ3v) is 7.93. The number of fused-ring (bicyclic) bond motifs is 2. The minimum Gasteiger partial charge on any atom is -0.489 e. The summed E-state index contributed by atoms with van der Waals surface area (Å²) in [6.45, 7) is 2.27. The van der Waals surface area contributed by atoms with Gasteiger partial charge in [-0.25, -0.2) is 13.9 Å². The molecule has 5 rings (SSSR count). The molecule has 178 valence electrons. The number of nitrogens with zero attached hydrogens (tertiary/aromatic N) is 2. The summed E-state index contributed by atoms with van der Waals surface area (Å²) in [6, 6.07) is 22.4. The van der Waals surface area contributed by atoms with Crippen molar-refractivity contribution in [1.29, 1.82) is 0 Å². The van der Waals surface area contributed by atoms with E-state index in [4.69, 9.17) is 9.94 Å². The number of para-hydroxylation sites is 1. The molecule has 3 aromatic carbocycles. The number of ether oxygens (including phenoxy) is 1. The zero-order chi connectivity index (χ0) is 24.6. The summed E-state index contributed by atoms with van der Waals surface area (Å²) < 4.78 is 33.8. The molecule has 0 spiro atoms. The Balaban J connectivity index is 1.42. The highest BCUT2D eigenvalue weighted by atomic mass is 32.2. The number of aromatic nitrogens is 1. The third kappa shape index (κ3) is 4.20. The van der Waals surface area contributed by atoms with Gasteiger partial charge in [0.2, 0.25) is 5.91 Å². The van der Waals surface area contributed by atoms with Crippen molar-refractivity contribution >= 4 is 32.5 Å². The van der Waals surface area contributed by atoms with Crippen LogP contribution in [0.15, 0.2) is 83.8 Å². The van der Waals surface area contributed by atoms with Crippen LogP contribution in [0.4, 0.5) is 5.69 Å². The maximum atomic E-state index is 13.3. The molecule has 2 heterocycles. The van der Waals surface area contributed by atoms with Crippen molar-refractivity contribution in [2.45, 2.75) is 30.9 Å². The number of anilines is 1. The minimum atomic E-state index is -3.88. The van der Waals surface area contributed by atoms with Crippen LogP contribution in [-0.2, 0) is 21.4 Å². The number of hydrogen-bond donors (Lipinski definition) is 2. The molecule has 1 amide bonds. The van der Waals surface area contributed by atoms with E-state index in [0.29, 0.717) is 23.6 Å². The van der Waals surface area contributed by atoms with Crippen molar-refractivity contribution in [3.8, 4) is 5.75 Å². The first-order chi connectivity index (χ1) is 16.9. The molecular formula is C26H23N3O5S. The van der Waals surface area contributed by atoms with Gasteiger partial charge in [-0.15, -0.1) is 0 Å². The molecule has 0 radical (unpaired) electrons. The molecule has 8 nitrogen and oxygen atoms in total. The maximum Gasteiger partial charge on any atom is 0.265 e. The highest BCUT2D eigenvalue weighted by Crippen LogP contribution is 2.44. The summed E-state index contributed by atoms with van der Waals surface area (Å²) >= 11 is 0. The van der Waals surface area contributed by atoms with Crippen LogP contribution in [0.1, 0.15) is 29.3 Å². The fourth-order valence-corrected chi connectivity index (χ4v) is 6.37. The second-order valence-electron chi connectivity index (χ2n) is 8.32. The summed E-state index contributed by atoms with van der Waals surface area (Å²) in [5, 5.41) is 10.0. The van der Waals surface area contributed by atoms with Crippen LogP contribution >= 0.6 is 0 Å². The Morgan fingerprint density at radius 2 is 1.77 bits per heavy atom. The third-order valence-electron chi connectivity index (χ3n) is 6.02. The average Bonchev–Trinajstić information content (AvgIpc) is 3.09. The number of amides is 1. The topological polar surface area (TPSA) is 109 Å². The number of carbonyl (C=O) groups is 1. The van der Waals surface area contributed by atoms with E-state index in [1.165, 1.54) is 10.4 Å². The van der Waals surface area contributed by atoms with E-state index in [0.717, 1.165) is 22.2 Å². The SMILES string of the molecule is Cc1cc(COc2ccc(N3C(CC(=O)NO)c4ccccc4S3(=O)=O)cc2)c2ccccc2n1. The number of hydroxylamine groups is 1. The largest absolute Gasteiger partial charge is 0.489 e. The molecule has 1 aromatic heterocycles. The Labute approximate surface area is 202 Å². The smallest absolute Gasteiger partial charge is 0.265 e. The fraction of sp³-hybridized carbons (Fsp3) is 0.154. The lowest BCUT2D eigenvalue weighted by Gasteiger charge is -2.25. The summed E-state index contributed by atoms with van der Waals surface area (Å²) in [5.41, 5.74) is 5.31. The van der Waals surface area contributed by atoms with Gasteiger partial charge in [-0.1, -0.05) is 36.4 Å². The van der Waals surface area contributed by atoms with E-state index in [1.807, 2.05) is 37.3 Å². The maximum absolute atomic E-state index is 13.3. The number of nitrogens with one attached hydrogen (secondary N) is 1. The van der Waals surface area contributed by atoms with E-state index in [-0.39, 0.29) is 11.3 Å². The lowest BCUT2D eigenvalue weighted by molar-refractivity contribution is -0.129. The van der Waals surface area contributed by atoms with Crippen LogP contribution in [0.2, 0.25) is 0 Å². The summed E-state index contributed by atoms with van der Waals surface area (Å²) in [5.74, 6) is -0.0993. The molecule has 0 saturated heterocycles. The predicted octanol–water partition coefficient (Wildman–Crippen LogP) is 4.27. The predicted molar refractivity (Wildman–Crippen MR) is 131 cm³/mol. The highest BCUT2D eigenvalue weighted by Gasteiger charge is 2.43. The van der Waals surface area contributed by atoms with Crippen molar-refractivity contribution in [2.24, 2.45) is 0 Å². The van der Waals surface area contributed by atoms with E-state index in [1.54, 1.807) is 47.9 Å². The van der Waals surface area contributed by atoms with Gasteiger partial charge in [-0.05, 0) is 55.0 Å². The van der Waals surface area contributed by atoms with Crippen molar-refractivity contribution in [3.63, 3.8) is 0 Å². The monoisotopic (exact) mass is 489 g/mol. The number of carbonyl (C=O) groups excluding carboxylic acids is 1. The molecule has 0 saturated carbocycles. The zero-order valence-corrected chi connectivity index (χ0v) is 19.7. The number of pyridine rings is 1. The van der Waals surface area contributed by atoms with Crippen LogP contribution in [0.25, 0.3) is 10.9 Å². The van der Waals surface area contributed by atoms with Gasteiger partial charge in [0.1, 0.15) is 12.4 Å². The van der Waals surface area contributed by atoms with E-state index in [9.17, 15) is 13.2 Å². The Morgan fingerprint density at radius 3 is 2.54 bits per heavy atom. The van der Waals surface area contributed by atoms with Gasteiger partial charge < -0.3 is 4.74 Å². The number of hydrogen-bond acceptors (Lipinski definition) is 6. The van der Waals surface area contributed by atoms with Gasteiger partial charge in [0, 0.05) is 16.6 Å². The van der Waals surface area contributed by atoms with Crippen LogP contribution < -0.4 is 14.5 Å². The highest BCUT2D eigenvalue weighted by molar-refractivity contribution is 7.93. The van der Waals surface area contributed by atoms with Crippen molar-refractivity contribution < 1.29 is 23.2 Å². The summed E-state index contributed by atoms with van der Waals surface area (Å²) in [7, 11) is -3.88. The molecule has 35 heavy (non-hydrogen) atoms. The summed E-state index contributed by atoms with van der Waals surface area (Å²) in [6.07, 6.45) is -0.223. The normalized spacial score (nSPS) is 16.2. The molecule has 0 bridgehead atoms. The molecule has 1 aliphatic rings. The Kier molecular flexibility index (Phi) is 5.88. The number of benzene rings is 3. The van der Waals surface area contributed by atoms with Crippen LogP contribution in [-0.4, -0.2) is 24.5 Å². The van der Waals surface area contributed by atoms with E-state index < -0.39 is 22.0 Å². The van der Waals surface area contributed by atoms with Crippen LogP contribution in [0.5, 0.6) is 5.75 Å². The number of sulfonamides is 1. The van der Waals surface area contributed by atoms with Crippen LogP contribution in [0.3, 0.4) is 0 Å². The quantitative estimate of drug-likeness (QED) is 0.309. The second kappa shape index (κ2) is 9.01. The van der Waals surface area contributed by atoms with Crippen molar-refractivity contribution in [3.05, 3.63) is 95.7 Å². The Morgan fingerprint density at radius 1 is 1.06 bits per heavy atom. The first-order valence-electron chi connectivity index (χ1n) is 11.0. The first-order valence-corrected chi connectivity index (χ1v) is 12.5. The van der Waals surface area contributed by atoms with Gasteiger partial charge in [-0.2, -0.15) is 0 Å². The minimum absolute atomic E-state index is 0.149. The van der Waals surface area contributed by atoms with Gasteiger partial charge >= 0.3 is 0 Å². The van der Waals surface area contributed by atoms with Gasteiger partial charge in [0.15, 0.2) is 0 Å². The van der Waals surface area contributed by atoms with Gasteiger partial charge in [0.05, 0.1) is 28.6 Å². The zero-order valence-electron chi connectivity index (χ0n) is 18.9. The molecule has 9 heteroatoms. The van der Waals surface area contributed by atoms with E-state index >= 15 is 0 Å². The number of rotatable bonds is 6. The fourth-order valence-electron chi connectivity index (χ4n) is 4.49. The standard InChI is InChI=1S/C26H23N3O5S/c1-17-14-18(21-6-2-4-8-23(21)27-17)16-34-20-12-10-19(11-13-20)29-24(15-26(30)28-31)22-7-3-5-9-25(22)35(29,32)33/h2-14,24,31H,15-16H2,1H3,(H,28,30). The summed E-state index contributed by atoms with van der Waals surface area (Å²) in [4.78, 5) is 16.6. The molecule has 1 atom stereocenters. The number of aryl methyl sites for hydroxylation is 1. The lowest BCUT2D eigenvalue weighted by atomic mass is 10.0. The van der Waals surface area contributed by atoms with E-state index in [2.05, 4.69) is 4.98 Å². The molecule has 4 aromatic rings. The first kappa shape index (κ1) is 22.8. The van der Waals surface area contributed by atoms with Crippen molar-refractivity contribution in [2.75, 3.05) is 4.31 Å². The van der Waals surface area contributed by atoms with Gasteiger partial charge in [-0.3, -0.25) is 19.3 Å². The van der Waals surface area contributed by atoms with Crippen LogP contribution in [0, 0.1) is 6.92 Å².